The minimum Gasteiger partial charge on any atom is -0.352 e. The van der Waals surface area contributed by atoms with E-state index in [1.54, 1.807) is 0 Å². The quantitative estimate of drug-likeness (QED) is 0.852. The molecule has 0 spiro atoms. The molecule has 0 saturated carbocycles. The van der Waals surface area contributed by atoms with Crippen LogP contribution in [0.4, 0.5) is 0 Å². The molecule has 0 aliphatic rings. The van der Waals surface area contributed by atoms with Crippen LogP contribution in [0.2, 0.25) is 0 Å². The Morgan fingerprint density at radius 3 is 2.09 bits per heavy atom. The van der Waals surface area contributed by atoms with E-state index >= 15 is 0 Å². The summed E-state index contributed by atoms with van der Waals surface area (Å²) in [6.07, 6.45) is 0.555. The van der Waals surface area contributed by atoms with Gasteiger partial charge in [-0.3, -0.25) is 4.79 Å². The highest BCUT2D eigenvalue weighted by Crippen LogP contribution is 2.18. The number of benzene rings is 2. The van der Waals surface area contributed by atoms with E-state index in [4.69, 9.17) is 5.73 Å². The predicted octanol–water partition coefficient (Wildman–Crippen LogP) is 3.29. The number of rotatable bonds is 6. The van der Waals surface area contributed by atoms with Gasteiger partial charge in [-0.15, -0.1) is 12.4 Å². The SMILES string of the molecule is CC(NC(=O)[C@@H](N)Cc1ccccc1)C(C)c1ccccc1.Cl. The standard InChI is InChI=1S/C19H24N2O.ClH/c1-14(17-11-7-4-8-12-17)15(2)21-19(22)18(20)13-16-9-5-3-6-10-16;/h3-12,14-15,18H,13,20H2,1-2H3,(H,21,22);1H/t14?,15?,18-;/m0./s1. The first kappa shape index (κ1) is 19.2. The molecule has 0 bridgehead atoms. The lowest BCUT2D eigenvalue weighted by Crippen LogP contribution is -2.46. The van der Waals surface area contributed by atoms with Crippen molar-refractivity contribution in [1.82, 2.24) is 5.32 Å². The second kappa shape index (κ2) is 9.33. The fraction of sp³-hybridized carbons (Fsp3) is 0.316. The molecule has 23 heavy (non-hydrogen) atoms. The number of hydrogen-bond donors (Lipinski definition) is 2. The van der Waals surface area contributed by atoms with Crippen molar-refractivity contribution in [3.05, 3.63) is 71.8 Å². The molecule has 2 rings (SSSR count). The molecular formula is C19H25ClN2O. The van der Waals surface area contributed by atoms with Crippen LogP contribution in [0.15, 0.2) is 60.7 Å². The van der Waals surface area contributed by atoms with E-state index in [1.807, 2.05) is 55.5 Å². The Balaban J connectivity index is 0.00000264. The Morgan fingerprint density at radius 2 is 1.52 bits per heavy atom. The highest BCUT2D eigenvalue weighted by molar-refractivity contribution is 5.85. The summed E-state index contributed by atoms with van der Waals surface area (Å²) < 4.78 is 0. The number of nitrogens with two attached hydrogens (primary N) is 1. The molecule has 2 unspecified atom stereocenters. The second-order valence-electron chi connectivity index (χ2n) is 5.79. The van der Waals surface area contributed by atoms with Crippen LogP contribution in [0.5, 0.6) is 0 Å². The number of carbonyl (C=O) groups is 1. The summed E-state index contributed by atoms with van der Waals surface area (Å²) in [5, 5.41) is 3.03. The average molecular weight is 333 g/mol. The summed E-state index contributed by atoms with van der Waals surface area (Å²) in [5.41, 5.74) is 8.32. The lowest BCUT2D eigenvalue weighted by Gasteiger charge is -2.23. The fourth-order valence-electron chi connectivity index (χ4n) is 2.46. The van der Waals surface area contributed by atoms with Crippen molar-refractivity contribution < 1.29 is 4.79 Å². The Kier molecular flexibility index (Phi) is 7.79. The Hall–Kier alpha value is -1.84. The van der Waals surface area contributed by atoms with E-state index in [9.17, 15) is 4.79 Å². The maximum absolute atomic E-state index is 12.3. The van der Waals surface area contributed by atoms with Gasteiger partial charge in [0.25, 0.3) is 0 Å². The van der Waals surface area contributed by atoms with Gasteiger partial charge in [0.05, 0.1) is 6.04 Å². The molecule has 2 aromatic carbocycles. The molecule has 124 valence electrons. The zero-order valence-corrected chi connectivity index (χ0v) is 14.4. The minimum absolute atomic E-state index is 0. The molecule has 0 heterocycles. The fourth-order valence-corrected chi connectivity index (χ4v) is 2.46. The average Bonchev–Trinajstić information content (AvgIpc) is 2.55. The van der Waals surface area contributed by atoms with Gasteiger partial charge in [0.2, 0.25) is 5.91 Å². The van der Waals surface area contributed by atoms with Gasteiger partial charge in [-0.25, -0.2) is 0 Å². The molecular weight excluding hydrogens is 308 g/mol. The van der Waals surface area contributed by atoms with Crippen molar-refractivity contribution in [3.63, 3.8) is 0 Å². The monoisotopic (exact) mass is 332 g/mol. The second-order valence-corrected chi connectivity index (χ2v) is 5.79. The van der Waals surface area contributed by atoms with Crippen LogP contribution in [0.25, 0.3) is 0 Å². The minimum atomic E-state index is -0.521. The van der Waals surface area contributed by atoms with Crippen molar-refractivity contribution in [2.45, 2.75) is 38.3 Å². The molecule has 0 fully saturated rings. The number of halogens is 1. The van der Waals surface area contributed by atoms with Crippen LogP contribution in [0, 0.1) is 0 Å². The highest BCUT2D eigenvalue weighted by atomic mass is 35.5. The van der Waals surface area contributed by atoms with Crippen LogP contribution < -0.4 is 11.1 Å². The summed E-state index contributed by atoms with van der Waals surface area (Å²) in [5.74, 6) is 0.146. The first-order chi connectivity index (χ1) is 10.6. The Morgan fingerprint density at radius 1 is 1.00 bits per heavy atom. The molecule has 0 aliphatic carbocycles. The molecule has 3 N–H and O–H groups in total. The van der Waals surface area contributed by atoms with Gasteiger partial charge in [0.15, 0.2) is 0 Å². The van der Waals surface area contributed by atoms with E-state index in [2.05, 4.69) is 24.4 Å². The lowest BCUT2D eigenvalue weighted by molar-refractivity contribution is -0.123. The molecule has 0 aromatic heterocycles. The summed E-state index contributed by atoms with van der Waals surface area (Å²) in [6.45, 7) is 4.13. The van der Waals surface area contributed by atoms with Gasteiger partial charge in [-0.1, -0.05) is 67.6 Å². The van der Waals surface area contributed by atoms with Gasteiger partial charge in [-0.2, -0.15) is 0 Å². The van der Waals surface area contributed by atoms with E-state index in [1.165, 1.54) is 5.56 Å². The topological polar surface area (TPSA) is 55.1 Å². The van der Waals surface area contributed by atoms with E-state index in [0.717, 1.165) is 5.56 Å². The molecule has 3 atom stereocenters. The van der Waals surface area contributed by atoms with Gasteiger partial charge in [0.1, 0.15) is 0 Å². The zero-order valence-electron chi connectivity index (χ0n) is 13.6. The Bertz CT molecular complexity index is 589. The number of carbonyl (C=O) groups excluding carboxylic acids is 1. The summed E-state index contributed by atoms with van der Waals surface area (Å²) in [4.78, 5) is 12.3. The third-order valence-corrected chi connectivity index (χ3v) is 4.08. The van der Waals surface area contributed by atoms with Gasteiger partial charge in [0, 0.05) is 12.0 Å². The van der Waals surface area contributed by atoms with Crippen molar-refractivity contribution in [1.29, 1.82) is 0 Å². The van der Waals surface area contributed by atoms with Crippen LogP contribution in [0.1, 0.15) is 30.9 Å². The summed E-state index contributed by atoms with van der Waals surface area (Å²) in [6, 6.07) is 19.6. The maximum atomic E-state index is 12.3. The Labute approximate surface area is 144 Å². The third kappa shape index (κ3) is 5.70. The van der Waals surface area contributed by atoms with Crippen LogP contribution in [-0.4, -0.2) is 18.0 Å². The first-order valence-corrected chi connectivity index (χ1v) is 7.72. The summed E-state index contributed by atoms with van der Waals surface area (Å²) in [7, 11) is 0. The highest BCUT2D eigenvalue weighted by Gasteiger charge is 2.20. The van der Waals surface area contributed by atoms with Gasteiger partial charge >= 0.3 is 0 Å². The van der Waals surface area contributed by atoms with E-state index in [-0.39, 0.29) is 30.3 Å². The molecule has 4 heteroatoms. The molecule has 0 saturated heterocycles. The summed E-state index contributed by atoms with van der Waals surface area (Å²) >= 11 is 0. The van der Waals surface area contributed by atoms with Crippen LogP contribution >= 0.6 is 12.4 Å². The van der Waals surface area contributed by atoms with Crippen molar-refractivity contribution in [2.75, 3.05) is 0 Å². The van der Waals surface area contributed by atoms with Crippen LogP contribution in [0.3, 0.4) is 0 Å². The third-order valence-electron chi connectivity index (χ3n) is 4.08. The van der Waals surface area contributed by atoms with E-state index in [0.29, 0.717) is 6.42 Å². The van der Waals surface area contributed by atoms with Crippen molar-refractivity contribution >= 4 is 18.3 Å². The van der Waals surface area contributed by atoms with Crippen molar-refractivity contribution in [2.24, 2.45) is 5.73 Å². The smallest absolute Gasteiger partial charge is 0.237 e. The maximum Gasteiger partial charge on any atom is 0.237 e. The normalized spacial score (nSPS) is 14.2. The van der Waals surface area contributed by atoms with Gasteiger partial charge in [-0.05, 0) is 24.5 Å². The van der Waals surface area contributed by atoms with Crippen LogP contribution in [-0.2, 0) is 11.2 Å². The largest absolute Gasteiger partial charge is 0.352 e. The van der Waals surface area contributed by atoms with Gasteiger partial charge < -0.3 is 11.1 Å². The molecule has 3 nitrogen and oxygen atoms in total. The first-order valence-electron chi connectivity index (χ1n) is 7.72. The number of nitrogens with one attached hydrogen (secondary N) is 1. The molecule has 0 radical (unpaired) electrons. The van der Waals surface area contributed by atoms with E-state index < -0.39 is 6.04 Å². The molecule has 2 aromatic rings. The molecule has 1 amide bonds. The molecule has 0 aliphatic heterocycles. The zero-order chi connectivity index (χ0) is 15.9. The number of amides is 1. The van der Waals surface area contributed by atoms with Crippen molar-refractivity contribution in [3.8, 4) is 0 Å². The lowest BCUT2D eigenvalue weighted by atomic mass is 9.94. The predicted molar refractivity (Wildman–Crippen MR) is 97.8 cm³/mol. The number of hydrogen-bond acceptors (Lipinski definition) is 2.